The van der Waals surface area contributed by atoms with Gasteiger partial charge in [0, 0.05) is 42.4 Å². The molecule has 0 aliphatic heterocycles. The van der Waals surface area contributed by atoms with Crippen LogP contribution in [0.4, 0.5) is 0 Å². The molecular weight excluding hydrogens is 504 g/mol. The smallest absolute Gasteiger partial charge is 0.143 e. The molecule has 1 nitrogen and oxygen atoms in total. The third kappa shape index (κ3) is 3.61. The molecule has 0 N–H and O–H groups in total. The molecule has 8 rings (SSSR count). The number of hydrogen-bond donors (Lipinski definition) is 0. The van der Waals surface area contributed by atoms with Crippen LogP contribution in [0.5, 0.6) is 0 Å². The Balaban J connectivity index is 1.49. The summed E-state index contributed by atoms with van der Waals surface area (Å²) in [6.07, 6.45) is 0. The number of benzene rings is 6. The van der Waals surface area contributed by atoms with Crippen molar-refractivity contribution < 1.29 is 4.42 Å². The number of hydrogen-bond acceptors (Lipinski definition) is 2. The first kappa shape index (κ1) is 23.0. The fourth-order valence-corrected chi connectivity index (χ4v) is 7.28. The van der Waals surface area contributed by atoms with Gasteiger partial charge < -0.3 is 4.42 Å². The third-order valence-corrected chi connectivity index (χ3v) is 9.02. The monoisotopic (exact) mass is 528 g/mol. The second kappa shape index (κ2) is 9.37. The van der Waals surface area contributed by atoms with Crippen molar-refractivity contribution in [2.75, 3.05) is 0 Å². The molecule has 188 valence electrons. The molecule has 0 unspecified atom stereocenters. The van der Waals surface area contributed by atoms with E-state index in [0.29, 0.717) is 0 Å². The van der Waals surface area contributed by atoms with Crippen LogP contribution in [0.2, 0.25) is 0 Å². The standard InChI is InChI=1S/C38H24OS/c1-3-13-25(14-4-1)27-20-11-21-29(31-23-12-22-30-28-17-9-10-24-34(28)39-36(30)31)35(27)38-33-19-8-7-18-32(33)37(40-38)26-15-5-2-6-16-26/h1-24H. The summed E-state index contributed by atoms with van der Waals surface area (Å²) in [6.45, 7) is 0. The Morgan fingerprint density at radius 2 is 0.925 bits per heavy atom. The number of para-hydroxylation sites is 2. The summed E-state index contributed by atoms with van der Waals surface area (Å²) in [5.41, 5.74) is 9.04. The molecule has 0 spiro atoms. The van der Waals surface area contributed by atoms with E-state index in [-0.39, 0.29) is 0 Å². The molecule has 0 aliphatic carbocycles. The first-order valence-corrected chi connectivity index (χ1v) is 14.3. The Bertz CT molecular complexity index is 2150. The molecule has 0 radical (unpaired) electrons. The molecule has 2 aromatic heterocycles. The highest BCUT2D eigenvalue weighted by Gasteiger charge is 2.22. The largest absolute Gasteiger partial charge is 0.455 e. The van der Waals surface area contributed by atoms with Gasteiger partial charge in [-0.15, -0.1) is 11.3 Å². The van der Waals surface area contributed by atoms with Crippen LogP contribution in [-0.4, -0.2) is 0 Å². The summed E-state index contributed by atoms with van der Waals surface area (Å²) < 4.78 is 6.54. The van der Waals surface area contributed by atoms with Gasteiger partial charge in [-0.2, -0.15) is 0 Å². The van der Waals surface area contributed by atoms with E-state index < -0.39 is 0 Å². The summed E-state index contributed by atoms with van der Waals surface area (Å²) in [4.78, 5) is 2.57. The molecule has 2 heteroatoms. The quantitative estimate of drug-likeness (QED) is 0.221. The normalized spacial score (nSPS) is 11.5. The van der Waals surface area contributed by atoms with Crippen LogP contribution < -0.4 is 0 Å². The molecule has 0 atom stereocenters. The van der Waals surface area contributed by atoms with Crippen LogP contribution in [0.1, 0.15) is 0 Å². The third-order valence-electron chi connectivity index (χ3n) is 7.73. The Morgan fingerprint density at radius 1 is 0.375 bits per heavy atom. The van der Waals surface area contributed by atoms with E-state index in [2.05, 4.69) is 140 Å². The second-order valence-electron chi connectivity index (χ2n) is 10.0. The van der Waals surface area contributed by atoms with Gasteiger partial charge in [0.1, 0.15) is 11.2 Å². The molecule has 6 aromatic carbocycles. The van der Waals surface area contributed by atoms with Gasteiger partial charge in [-0.25, -0.2) is 0 Å². The highest BCUT2D eigenvalue weighted by molar-refractivity contribution is 7.21. The lowest BCUT2D eigenvalue weighted by atomic mass is 9.89. The lowest BCUT2D eigenvalue weighted by Gasteiger charge is -2.16. The van der Waals surface area contributed by atoms with Crippen LogP contribution in [0, 0.1) is 0 Å². The van der Waals surface area contributed by atoms with Crippen molar-refractivity contribution in [1.82, 2.24) is 0 Å². The minimum absolute atomic E-state index is 0.915. The van der Waals surface area contributed by atoms with Gasteiger partial charge in [-0.3, -0.25) is 0 Å². The zero-order valence-electron chi connectivity index (χ0n) is 21.7. The highest BCUT2D eigenvalue weighted by Crippen LogP contribution is 2.51. The highest BCUT2D eigenvalue weighted by atomic mass is 32.1. The van der Waals surface area contributed by atoms with Gasteiger partial charge in [0.25, 0.3) is 0 Å². The van der Waals surface area contributed by atoms with Gasteiger partial charge in [-0.1, -0.05) is 140 Å². The molecule has 0 saturated heterocycles. The van der Waals surface area contributed by atoms with E-state index in [1.54, 1.807) is 0 Å². The second-order valence-corrected chi connectivity index (χ2v) is 11.1. The predicted octanol–water partition coefficient (Wildman–Crippen LogP) is 11.5. The molecule has 0 saturated carbocycles. The number of fused-ring (bicyclic) bond motifs is 4. The van der Waals surface area contributed by atoms with Gasteiger partial charge in [0.15, 0.2) is 0 Å². The number of furan rings is 1. The Hall–Kier alpha value is -4.92. The van der Waals surface area contributed by atoms with Gasteiger partial charge >= 0.3 is 0 Å². The summed E-state index contributed by atoms with van der Waals surface area (Å²) in [5.74, 6) is 0. The topological polar surface area (TPSA) is 13.1 Å². The van der Waals surface area contributed by atoms with Crippen molar-refractivity contribution in [2.24, 2.45) is 0 Å². The Morgan fingerprint density at radius 3 is 1.70 bits per heavy atom. The Kier molecular flexibility index (Phi) is 5.39. The Labute approximate surface area is 236 Å². The minimum atomic E-state index is 0.915. The average Bonchev–Trinajstić information content (AvgIpc) is 3.61. The maximum atomic E-state index is 6.54. The average molecular weight is 529 g/mol. The fourth-order valence-electron chi connectivity index (χ4n) is 5.92. The molecule has 0 bridgehead atoms. The SMILES string of the molecule is c1ccc(-c2cccc(-c3cccc4c3oc3ccccc34)c2-c2sc(-c3ccccc3)c3ccccc23)cc1. The molecular formula is C38H24OS. The van der Waals surface area contributed by atoms with E-state index in [4.69, 9.17) is 4.42 Å². The van der Waals surface area contributed by atoms with Crippen molar-refractivity contribution in [1.29, 1.82) is 0 Å². The first-order valence-electron chi connectivity index (χ1n) is 13.5. The van der Waals surface area contributed by atoms with E-state index in [9.17, 15) is 0 Å². The molecule has 0 fully saturated rings. The summed E-state index contributed by atoms with van der Waals surface area (Å²) in [6, 6.07) is 51.8. The molecule has 40 heavy (non-hydrogen) atoms. The lowest BCUT2D eigenvalue weighted by Crippen LogP contribution is -1.90. The van der Waals surface area contributed by atoms with Crippen LogP contribution in [-0.2, 0) is 0 Å². The van der Waals surface area contributed by atoms with E-state index in [1.165, 1.54) is 48.3 Å². The van der Waals surface area contributed by atoms with Crippen LogP contribution in [0.3, 0.4) is 0 Å². The molecule has 8 aromatic rings. The summed E-state index contributed by atoms with van der Waals surface area (Å²) >= 11 is 1.88. The van der Waals surface area contributed by atoms with Crippen molar-refractivity contribution >= 4 is 44.0 Å². The van der Waals surface area contributed by atoms with Crippen LogP contribution >= 0.6 is 11.3 Å². The zero-order valence-corrected chi connectivity index (χ0v) is 22.5. The molecule has 2 heterocycles. The van der Waals surface area contributed by atoms with E-state index in [1.807, 2.05) is 17.4 Å². The maximum Gasteiger partial charge on any atom is 0.143 e. The van der Waals surface area contributed by atoms with Crippen LogP contribution in [0.15, 0.2) is 150 Å². The van der Waals surface area contributed by atoms with Crippen molar-refractivity contribution in [2.45, 2.75) is 0 Å². The van der Waals surface area contributed by atoms with Crippen molar-refractivity contribution in [3.8, 4) is 43.1 Å². The number of rotatable bonds is 4. The maximum absolute atomic E-state index is 6.54. The van der Waals surface area contributed by atoms with Crippen LogP contribution in [0.25, 0.3) is 75.8 Å². The summed E-state index contributed by atoms with van der Waals surface area (Å²) in [7, 11) is 0. The lowest BCUT2D eigenvalue weighted by molar-refractivity contribution is 0.670. The van der Waals surface area contributed by atoms with Crippen molar-refractivity contribution in [3.63, 3.8) is 0 Å². The fraction of sp³-hybridized carbons (Fsp3) is 0. The van der Waals surface area contributed by atoms with E-state index >= 15 is 0 Å². The first-order chi connectivity index (χ1) is 19.9. The number of thiophene rings is 1. The van der Waals surface area contributed by atoms with Gasteiger partial charge in [0.2, 0.25) is 0 Å². The summed E-state index contributed by atoms with van der Waals surface area (Å²) in [5, 5.41) is 4.84. The molecule has 0 aliphatic rings. The van der Waals surface area contributed by atoms with E-state index in [0.717, 1.165) is 27.5 Å². The van der Waals surface area contributed by atoms with Crippen molar-refractivity contribution in [3.05, 3.63) is 146 Å². The minimum Gasteiger partial charge on any atom is -0.455 e. The zero-order chi connectivity index (χ0) is 26.5. The van der Waals surface area contributed by atoms with Gasteiger partial charge in [-0.05, 0) is 28.3 Å². The van der Waals surface area contributed by atoms with Gasteiger partial charge in [0.05, 0.1) is 0 Å². The molecule has 0 amide bonds. The predicted molar refractivity (Wildman–Crippen MR) is 171 cm³/mol.